The number of halogens is 1. The standard InChI is InChI=1S/C10H12BrNO3/c1-7(15-10(12)13)6-14-9-5-3-2-4-8(9)11/h2-5,7H,6H2,1H3,(H2,12,13). The lowest BCUT2D eigenvalue weighted by Gasteiger charge is -2.13. The second kappa shape index (κ2) is 5.60. The van der Waals surface area contributed by atoms with Crippen molar-refractivity contribution >= 4 is 22.0 Å². The van der Waals surface area contributed by atoms with Crippen LogP contribution in [0.15, 0.2) is 28.7 Å². The Balaban J connectivity index is 2.43. The predicted octanol–water partition coefficient (Wildman–Crippen LogP) is 2.31. The van der Waals surface area contributed by atoms with E-state index in [-0.39, 0.29) is 12.7 Å². The zero-order valence-electron chi connectivity index (χ0n) is 8.27. The largest absolute Gasteiger partial charge is 0.489 e. The molecule has 5 heteroatoms. The fourth-order valence-electron chi connectivity index (χ4n) is 1.00. The van der Waals surface area contributed by atoms with Crippen molar-refractivity contribution in [3.8, 4) is 5.75 Å². The van der Waals surface area contributed by atoms with Crippen molar-refractivity contribution in [1.29, 1.82) is 0 Å². The van der Waals surface area contributed by atoms with Crippen molar-refractivity contribution in [2.75, 3.05) is 6.61 Å². The molecule has 82 valence electrons. The highest BCUT2D eigenvalue weighted by molar-refractivity contribution is 9.10. The molecular formula is C10H12BrNO3. The third-order valence-corrected chi connectivity index (χ3v) is 2.28. The second-order valence-corrected chi connectivity index (χ2v) is 3.84. The number of primary amides is 1. The zero-order valence-corrected chi connectivity index (χ0v) is 9.86. The van der Waals surface area contributed by atoms with Gasteiger partial charge in [-0.15, -0.1) is 0 Å². The molecule has 1 amide bonds. The van der Waals surface area contributed by atoms with Gasteiger partial charge in [-0.05, 0) is 35.0 Å². The number of hydrogen-bond acceptors (Lipinski definition) is 3. The number of carbonyl (C=O) groups excluding carboxylic acids is 1. The molecule has 15 heavy (non-hydrogen) atoms. The van der Waals surface area contributed by atoms with Crippen LogP contribution in [0.1, 0.15) is 6.92 Å². The number of carbonyl (C=O) groups is 1. The number of hydrogen-bond donors (Lipinski definition) is 1. The van der Waals surface area contributed by atoms with Crippen molar-refractivity contribution in [1.82, 2.24) is 0 Å². The summed E-state index contributed by atoms with van der Waals surface area (Å²) in [6.45, 7) is 1.98. The lowest BCUT2D eigenvalue weighted by Crippen LogP contribution is -2.25. The molecule has 1 rings (SSSR count). The molecule has 0 spiro atoms. The Labute approximate surface area is 96.5 Å². The van der Waals surface area contributed by atoms with Gasteiger partial charge >= 0.3 is 6.09 Å². The third-order valence-electron chi connectivity index (χ3n) is 1.63. The number of nitrogens with two attached hydrogens (primary N) is 1. The van der Waals surface area contributed by atoms with Gasteiger partial charge in [0, 0.05) is 0 Å². The van der Waals surface area contributed by atoms with Gasteiger partial charge in [0.1, 0.15) is 18.5 Å². The van der Waals surface area contributed by atoms with E-state index in [4.69, 9.17) is 15.2 Å². The Hall–Kier alpha value is -1.23. The van der Waals surface area contributed by atoms with E-state index in [1.807, 2.05) is 24.3 Å². The van der Waals surface area contributed by atoms with Crippen molar-refractivity contribution in [3.63, 3.8) is 0 Å². The van der Waals surface area contributed by atoms with Gasteiger partial charge in [-0.3, -0.25) is 0 Å². The van der Waals surface area contributed by atoms with Gasteiger partial charge in [0.2, 0.25) is 0 Å². The maximum Gasteiger partial charge on any atom is 0.404 e. The Morgan fingerprint density at radius 2 is 2.20 bits per heavy atom. The summed E-state index contributed by atoms with van der Waals surface area (Å²) in [4.78, 5) is 10.4. The minimum absolute atomic E-state index is 0.269. The molecule has 0 radical (unpaired) electrons. The van der Waals surface area contributed by atoms with Crippen LogP contribution in [-0.2, 0) is 4.74 Å². The Kier molecular flexibility index (Phi) is 4.42. The molecule has 1 atom stereocenters. The highest BCUT2D eigenvalue weighted by atomic mass is 79.9. The Morgan fingerprint density at radius 3 is 2.80 bits per heavy atom. The average molecular weight is 274 g/mol. The monoisotopic (exact) mass is 273 g/mol. The number of rotatable bonds is 4. The van der Waals surface area contributed by atoms with Crippen LogP contribution in [0.5, 0.6) is 5.75 Å². The van der Waals surface area contributed by atoms with Crippen molar-refractivity contribution in [2.45, 2.75) is 13.0 Å². The topological polar surface area (TPSA) is 61.6 Å². The summed E-state index contributed by atoms with van der Waals surface area (Å²) in [7, 11) is 0. The van der Waals surface area contributed by atoms with E-state index >= 15 is 0 Å². The van der Waals surface area contributed by atoms with Gasteiger partial charge in [-0.2, -0.15) is 0 Å². The number of benzene rings is 1. The highest BCUT2D eigenvalue weighted by Crippen LogP contribution is 2.23. The molecule has 0 bridgehead atoms. The molecule has 1 aromatic carbocycles. The minimum atomic E-state index is -0.793. The average Bonchev–Trinajstić information content (AvgIpc) is 2.15. The van der Waals surface area contributed by atoms with E-state index in [1.165, 1.54) is 0 Å². The molecule has 1 aromatic rings. The first-order valence-electron chi connectivity index (χ1n) is 4.43. The van der Waals surface area contributed by atoms with E-state index in [9.17, 15) is 4.79 Å². The zero-order chi connectivity index (χ0) is 11.3. The molecule has 4 nitrogen and oxygen atoms in total. The van der Waals surface area contributed by atoms with Crippen LogP contribution >= 0.6 is 15.9 Å². The van der Waals surface area contributed by atoms with Gasteiger partial charge in [0.25, 0.3) is 0 Å². The summed E-state index contributed by atoms with van der Waals surface area (Å²) < 4.78 is 11.0. The quantitative estimate of drug-likeness (QED) is 0.916. The smallest absolute Gasteiger partial charge is 0.404 e. The lowest BCUT2D eigenvalue weighted by molar-refractivity contribution is 0.0821. The Bertz CT molecular complexity index is 343. The number of para-hydroxylation sites is 1. The molecule has 0 aromatic heterocycles. The minimum Gasteiger partial charge on any atom is -0.489 e. The summed E-state index contributed by atoms with van der Waals surface area (Å²) in [6.07, 6.45) is -1.16. The molecule has 1 unspecified atom stereocenters. The van der Waals surface area contributed by atoms with E-state index in [1.54, 1.807) is 6.92 Å². The summed E-state index contributed by atoms with van der Waals surface area (Å²) >= 11 is 3.34. The van der Waals surface area contributed by atoms with Crippen molar-refractivity contribution < 1.29 is 14.3 Å². The predicted molar refractivity (Wildman–Crippen MR) is 59.8 cm³/mol. The first-order valence-corrected chi connectivity index (χ1v) is 5.22. The van der Waals surface area contributed by atoms with Crippen LogP contribution in [0.25, 0.3) is 0 Å². The molecule has 0 heterocycles. The van der Waals surface area contributed by atoms with Crippen LogP contribution < -0.4 is 10.5 Å². The fraction of sp³-hybridized carbons (Fsp3) is 0.300. The van der Waals surface area contributed by atoms with Gasteiger partial charge in [-0.25, -0.2) is 4.79 Å². The SMILES string of the molecule is CC(COc1ccccc1Br)OC(N)=O. The summed E-state index contributed by atoms with van der Waals surface area (Å²) in [5, 5.41) is 0. The van der Waals surface area contributed by atoms with Gasteiger partial charge in [0.15, 0.2) is 0 Å². The molecule has 0 fully saturated rings. The summed E-state index contributed by atoms with van der Waals surface area (Å²) in [6, 6.07) is 7.44. The van der Waals surface area contributed by atoms with E-state index < -0.39 is 6.09 Å². The molecular weight excluding hydrogens is 262 g/mol. The summed E-state index contributed by atoms with van der Waals surface area (Å²) in [5.41, 5.74) is 4.87. The normalized spacial score (nSPS) is 11.9. The van der Waals surface area contributed by atoms with Gasteiger partial charge in [0.05, 0.1) is 4.47 Å². The molecule has 0 aliphatic rings. The summed E-state index contributed by atoms with van der Waals surface area (Å²) in [5.74, 6) is 0.706. The molecule has 0 aliphatic carbocycles. The van der Waals surface area contributed by atoms with E-state index in [2.05, 4.69) is 15.9 Å². The van der Waals surface area contributed by atoms with Gasteiger partial charge < -0.3 is 15.2 Å². The number of amides is 1. The fourth-order valence-corrected chi connectivity index (χ4v) is 1.40. The Morgan fingerprint density at radius 1 is 1.53 bits per heavy atom. The molecule has 0 saturated carbocycles. The second-order valence-electron chi connectivity index (χ2n) is 2.99. The van der Waals surface area contributed by atoms with Crippen LogP contribution in [-0.4, -0.2) is 18.8 Å². The lowest BCUT2D eigenvalue weighted by atomic mass is 10.3. The molecule has 2 N–H and O–H groups in total. The van der Waals surface area contributed by atoms with Crippen LogP contribution in [0.4, 0.5) is 4.79 Å². The van der Waals surface area contributed by atoms with Gasteiger partial charge in [-0.1, -0.05) is 12.1 Å². The van der Waals surface area contributed by atoms with Crippen LogP contribution in [0, 0.1) is 0 Å². The maximum atomic E-state index is 10.4. The van der Waals surface area contributed by atoms with E-state index in [0.29, 0.717) is 5.75 Å². The highest BCUT2D eigenvalue weighted by Gasteiger charge is 2.07. The van der Waals surface area contributed by atoms with Crippen LogP contribution in [0.3, 0.4) is 0 Å². The molecule has 0 saturated heterocycles. The first-order chi connectivity index (χ1) is 7.09. The number of ether oxygens (including phenoxy) is 2. The van der Waals surface area contributed by atoms with E-state index in [0.717, 1.165) is 4.47 Å². The molecule has 0 aliphatic heterocycles. The maximum absolute atomic E-state index is 10.4. The van der Waals surface area contributed by atoms with Crippen molar-refractivity contribution in [3.05, 3.63) is 28.7 Å². The third kappa shape index (κ3) is 4.20. The first kappa shape index (κ1) is 11.8. The van der Waals surface area contributed by atoms with Crippen LogP contribution in [0.2, 0.25) is 0 Å². The van der Waals surface area contributed by atoms with Crippen molar-refractivity contribution in [2.24, 2.45) is 5.73 Å².